The fraction of sp³-hybridized carbons (Fsp3) is 0.0556. The first-order valence-electron chi connectivity index (χ1n) is 7.57. The van der Waals surface area contributed by atoms with Gasteiger partial charge in [0.05, 0.1) is 16.1 Å². The topological polar surface area (TPSA) is 130 Å². The molecule has 0 aromatic heterocycles. The Balaban J connectivity index is 2.17. The first-order valence-corrected chi connectivity index (χ1v) is 9.01. The van der Waals surface area contributed by atoms with Crippen molar-refractivity contribution in [3.63, 3.8) is 0 Å². The number of carbonyl (C=O) groups excluding carboxylic acids is 1. The second-order valence-electron chi connectivity index (χ2n) is 5.87. The highest BCUT2D eigenvalue weighted by Gasteiger charge is 2.18. The van der Waals surface area contributed by atoms with Crippen molar-refractivity contribution in [2.24, 2.45) is 0 Å². The van der Waals surface area contributed by atoms with Gasteiger partial charge in [0.1, 0.15) is 5.75 Å². The van der Waals surface area contributed by atoms with Gasteiger partial charge in [0, 0.05) is 11.1 Å². The molecule has 0 radical (unpaired) electrons. The number of nitrogens with two attached hydrogens (primary N) is 1. The van der Waals surface area contributed by atoms with Gasteiger partial charge >= 0.3 is 0 Å². The van der Waals surface area contributed by atoms with Crippen LogP contribution in [-0.2, 0) is 10.1 Å². The molecule has 0 atom stereocenters. The minimum atomic E-state index is -4.50. The molecule has 0 aliphatic carbocycles. The third-order valence-corrected chi connectivity index (χ3v) is 4.76. The predicted molar refractivity (Wildman–Crippen MR) is 99.0 cm³/mol. The van der Waals surface area contributed by atoms with Gasteiger partial charge in [-0.2, -0.15) is 8.42 Å². The first-order chi connectivity index (χ1) is 12.2. The van der Waals surface area contributed by atoms with Crippen LogP contribution in [0.15, 0.2) is 53.4 Å². The maximum Gasteiger partial charge on any atom is 0.294 e. The quantitative estimate of drug-likeness (QED) is 0.413. The van der Waals surface area contributed by atoms with Gasteiger partial charge in [-0.1, -0.05) is 23.8 Å². The Morgan fingerprint density at radius 2 is 1.85 bits per heavy atom. The monoisotopic (exact) mass is 372 g/mol. The van der Waals surface area contributed by atoms with Crippen LogP contribution in [0.2, 0.25) is 0 Å². The summed E-state index contributed by atoms with van der Waals surface area (Å²) in [6, 6.07) is 11.7. The van der Waals surface area contributed by atoms with E-state index in [4.69, 9.17) is 5.73 Å². The zero-order chi connectivity index (χ0) is 19.1. The van der Waals surface area contributed by atoms with Crippen molar-refractivity contribution < 1.29 is 22.9 Å². The Bertz CT molecular complexity index is 1140. The number of rotatable bonds is 3. The lowest BCUT2D eigenvalue weighted by Gasteiger charge is -2.13. The van der Waals surface area contributed by atoms with E-state index in [1.54, 1.807) is 31.2 Å². The summed E-state index contributed by atoms with van der Waals surface area (Å²) >= 11 is 0. The van der Waals surface area contributed by atoms with Crippen LogP contribution in [0, 0.1) is 6.92 Å². The third-order valence-electron chi connectivity index (χ3n) is 3.93. The van der Waals surface area contributed by atoms with E-state index in [0.29, 0.717) is 5.39 Å². The Hall–Kier alpha value is -3.10. The number of aromatic hydroxyl groups is 1. The number of benzene rings is 3. The third kappa shape index (κ3) is 3.32. The molecule has 3 rings (SSSR count). The lowest BCUT2D eigenvalue weighted by molar-refractivity contribution is 0.102. The highest BCUT2D eigenvalue weighted by molar-refractivity contribution is 7.85. The molecule has 0 saturated heterocycles. The van der Waals surface area contributed by atoms with Crippen molar-refractivity contribution in [3.8, 4) is 5.75 Å². The largest absolute Gasteiger partial charge is 0.507 e. The molecular weight excluding hydrogens is 356 g/mol. The van der Waals surface area contributed by atoms with E-state index in [1.807, 2.05) is 0 Å². The van der Waals surface area contributed by atoms with Crippen LogP contribution < -0.4 is 11.1 Å². The number of hydrogen-bond acceptors (Lipinski definition) is 5. The molecule has 0 spiro atoms. The van der Waals surface area contributed by atoms with Crippen LogP contribution in [0.25, 0.3) is 10.8 Å². The number of fused-ring (bicyclic) bond motifs is 1. The van der Waals surface area contributed by atoms with Gasteiger partial charge in [-0.05, 0) is 42.6 Å². The van der Waals surface area contributed by atoms with E-state index in [2.05, 4.69) is 5.32 Å². The van der Waals surface area contributed by atoms with Crippen molar-refractivity contribution in [2.75, 3.05) is 11.1 Å². The molecule has 0 aliphatic rings. The Labute approximate surface area is 149 Å². The maximum absolute atomic E-state index is 12.6. The number of phenolic OH excluding ortho intramolecular Hbond substituents is 1. The smallest absolute Gasteiger partial charge is 0.294 e. The molecule has 0 heterocycles. The number of anilines is 2. The minimum absolute atomic E-state index is 0.0409. The number of aryl methyl sites for hydroxylation is 1. The molecule has 0 bridgehead atoms. The Morgan fingerprint density at radius 1 is 1.12 bits per heavy atom. The van der Waals surface area contributed by atoms with Crippen LogP contribution in [0.5, 0.6) is 5.75 Å². The standard InChI is InChI=1S/C18H16N2O5S/c1-10-5-6-14(19)13(7-10)18(22)20-15-9-12(26(23,24)25)8-11-3-2-4-16(21)17(11)15/h2-9,21H,19H2,1H3,(H,20,22)(H,23,24,25). The Morgan fingerprint density at radius 3 is 2.54 bits per heavy atom. The van der Waals surface area contributed by atoms with E-state index in [1.165, 1.54) is 18.2 Å². The lowest BCUT2D eigenvalue weighted by atomic mass is 10.1. The van der Waals surface area contributed by atoms with E-state index < -0.39 is 20.9 Å². The summed E-state index contributed by atoms with van der Waals surface area (Å²) in [5.41, 5.74) is 7.17. The lowest BCUT2D eigenvalue weighted by Crippen LogP contribution is -2.15. The number of amides is 1. The number of nitrogen functional groups attached to an aromatic ring is 1. The summed E-state index contributed by atoms with van der Waals surface area (Å²) in [4.78, 5) is 12.2. The van der Waals surface area contributed by atoms with Crippen LogP contribution in [0.1, 0.15) is 15.9 Å². The summed E-state index contributed by atoms with van der Waals surface area (Å²) in [7, 11) is -4.50. The van der Waals surface area contributed by atoms with Crippen LogP contribution >= 0.6 is 0 Å². The van der Waals surface area contributed by atoms with Gasteiger partial charge < -0.3 is 16.2 Å². The number of phenols is 1. The van der Waals surface area contributed by atoms with Crippen molar-refractivity contribution in [1.82, 2.24) is 0 Å². The summed E-state index contributed by atoms with van der Waals surface area (Å²) in [5.74, 6) is -0.708. The fourth-order valence-corrected chi connectivity index (χ4v) is 3.23. The number of carbonyl (C=O) groups is 1. The van der Waals surface area contributed by atoms with Crippen LogP contribution in [-0.4, -0.2) is 24.0 Å². The van der Waals surface area contributed by atoms with Crippen molar-refractivity contribution >= 4 is 38.2 Å². The minimum Gasteiger partial charge on any atom is -0.507 e. The van der Waals surface area contributed by atoms with Crippen molar-refractivity contribution in [1.29, 1.82) is 0 Å². The molecule has 0 aliphatic heterocycles. The molecule has 0 saturated carbocycles. The summed E-state index contributed by atoms with van der Waals surface area (Å²) in [6.07, 6.45) is 0. The van der Waals surface area contributed by atoms with Gasteiger partial charge in [0.15, 0.2) is 0 Å². The fourth-order valence-electron chi connectivity index (χ4n) is 2.68. The number of hydrogen-bond donors (Lipinski definition) is 4. The molecule has 5 N–H and O–H groups in total. The SMILES string of the molecule is Cc1ccc(N)c(C(=O)Nc2cc(S(=O)(=O)O)cc3cccc(O)c23)c1. The zero-order valence-corrected chi connectivity index (χ0v) is 14.5. The van der Waals surface area contributed by atoms with E-state index >= 15 is 0 Å². The molecule has 7 nitrogen and oxygen atoms in total. The van der Waals surface area contributed by atoms with Gasteiger partial charge in [-0.3, -0.25) is 9.35 Å². The summed E-state index contributed by atoms with van der Waals surface area (Å²) in [5, 5.41) is 13.3. The molecule has 8 heteroatoms. The average molecular weight is 372 g/mol. The normalized spacial score (nSPS) is 11.5. The van der Waals surface area contributed by atoms with Crippen LogP contribution in [0.4, 0.5) is 11.4 Å². The highest BCUT2D eigenvalue weighted by Crippen LogP contribution is 2.34. The molecule has 1 amide bonds. The molecule has 134 valence electrons. The first kappa shape index (κ1) is 17.7. The summed E-state index contributed by atoms with van der Waals surface area (Å²) in [6.45, 7) is 1.80. The van der Waals surface area contributed by atoms with E-state index in [9.17, 15) is 22.9 Å². The highest BCUT2D eigenvalue weighted by atomic mass is 32.2. The number of nitrogens with one attached hydrogen (secondary N) is 1. The second-order valence-corrected chi connectivity index (χ2v) is 7.29. The Kier molecular flexibility index (Phi) is 4.31. The maximum atomic E-state index is 12.6. The van der Waals surface area contributed by atoms with E-state index in [-0.39, 0.29) is 28.1 Å². The van der Waals surface area contributed by atoms with Crippen molar-refractivity contribution in [2.45, 2.75) is 11.8 Å². The van der Waals surface area contributed by atoms with Crippen molar-refractivity contribution in [3.05, 3.63) is 59.7 Å². The van der Waals surface area contributed by atoms with Gasteiger partial charge in [-0.25, -0.2) is 0 Å². The van der Waals surface area contributed by atoms with Crippen LogP contribution in [0.3, 0.4) is 0 Å². The molecule has 3 aromatic rings. The zero-order valence-electron chi connectivity index (χ0n) is 13.7. The summed E-state index contributed by atoms with van der Waals surface area (Å²) < 4.78 is 32.4. The van der Waals surface area contributed by atoms with Gasteiger partial charge in [-0.15, -0.1) is 0 Å². The molecular formula is C18H16N2O5S. The molecule has 0 unspecified atom stereocenters. The van der Waals surface area contributed by atoms with Gasteiger partial charge in [0.2, 0.25) is 0 Å². The predicted octanol–water partition coefficient (Wildman–Crippen LogP) is 2.94. The molecule has 0 fully saturated rings. The molecule has 3 aromatic carbocycles. The average Bonchev–Trinajstić information content (AvgIpc) is 2.56. The van der Waals surface area contributed by atoms with E-state index in [0.717, 1.165) is 11.6 Å². The van der Waals surface area contributed by atoms with Gasteiger partial charge in [0.25, 0.3) is 16.0 Å². The molecule has 26 heavy (non-hydrogen) atoms. The second kappa shape index (κ2) is 6.32.